The highest BCUT2D eigenvalue weighted by Crippen LogP contribution is 1.87. The minimum atomic E-state index is -0.120. The monoisotopic (exact) mass is 179 g/mol. The molecular formula is C7H9N5O. The van der Waals surface area contributed by atoms with Crippen LogP contribution in [0.15, 0.2) is 6.33 Å². The van der Waals surface area contributed by atoms with Gasteiger partial charge in [0.15, 0.2) is 0 Å². The van der Waals surface area contributed by atoms with E-state index in [0.717, 1.165) is 0 Å². The van der Waals surface area contributed by atoms with Crippen LogP contribution in [0.3, 0.4) is 0 Å². The summed E-state index contributed by atoms with van der Waals surface area (Å²) >= 11 is 0. The maximum atomic E-state index is 11.3. The molecule has 0 saturated carbocycles. The molecule has 0 spiro atoms. The Morgan fingerprint density at radius 3 is 3.08 bits per heavy atom. The van der Waals surface area contributed by atoms with Crippen LogP contribution < -0.4 is 0 Å². The largest absolute Gasteiger partial charge is 0.333 e. The summed E-state index contributed by atoms with van der Waals surface area (Å²) in [4.78, 5) is 12.7. The number of likely N-dealkylation sites (N-methyl/N-ethyl adjacent to an activating group) is 1. The highest BCUT2D eigenvalue weighted by molar-refractivity contribution is 5.75. The van der Waals surface area contributed by atoms with E-state index in [-0.39, 0.29) is 12.5 Å². The molecule has 6 nitrogen and oxygen atoms in total. The number of tetrazole rings is 1. The SMILES string of the molecule is C#CCN(C)C(=O)Cn1cnnn1. The van der Waals surface area contributed by atoms with E-state index in [1.807, 2.05) is 0 Å². The van der Waals surface area contributed by atoms with Gasteiger partial charge < -0.3 is 4.90 Å². The van der Waals surface area contributed by atoms with Crippen molar-refractivity contribution in [1.29, 1.82) is 0 Å². The maximum Gasteiger partial charge on any atom is 0.244 e. The summed E-state index contributed by atoms with van der Waals surface area (Å²) < 4.78 is 1.34. The van der Waals surface area contributed by atoms with E-state index >= 15 is 0 Å². The molecular weight excluding hydrogens is 170 g/mol. The molecule has 1 rings (SSSR count). The second-order valence-electron chi connectivity index (χ2n) is 2.46. The van der Waals surface area contributed by atoms with Crippen molar-refractivity contribution >= 4 is 5.91 Å². The Morgan fingerprint density at radius 1 is 1.77 bits per heavy atom. The van der Waals surface area contributed by atoms with E-state index in [2.05, 4.69) is 21.4 Å². The summed E-state index contributed by atoms with van der Waals surface area (Å²) in [6.45, 7) is 0.409. The van der Waals surface area contributed by atoms with E-state index in [0.29, 0.717) is 6.54 Å². The number of terminal acetylenes is 1. The zero-order chi connectivity index (χ0) is 9.68. The molecule has 6 heteroatoms. The lowest BCUT2D eigenvalue weighted by Gasteiger charge is -2.12. The zero-order valence-corrected chi connectivity index (χ0v) is 7.21. The van der Waals surface area contributed by atoms with Crippen molar-refractivity contribution in [1.82, 2.24) is 25.1 Å². The van der Waals surface area contributed by atoms with Gasteiger partial charge in [-0.3, -0.25) is 4.79 Å². The van der Waals surface area contributed by atoms with E-state index in [4.69, 9.17) is 6.42 Å². The van der Waals surface area contributed by atoms with Gasteiger partial charge in [0, 0.05) is 7.05 Å². The van der Waals surface area contributed by atoms with Gasteiger partial charge in [-0.2, -0.15) is 0 Å². The van der Waals surface area contributed by atoms with Crippen LogP contribution in [0.4, 0.5) is 0 Å². The van der Waals surface area contributed by atoms with Crippen molar-refractivity contribution in [3.8, 4) is 12.3 Å². The smallest absolute Gasteiger partial charge is 0.244 e. The van der Waals surface area contributed by atoms with Crippen molar-refractivity contribution in [2.75, 3.05) is 13.6 Å². The number of hydrogen-bond donors (Lipinski definition) is 0. The van der Waals surface area contributed by atoms with Crippen LogP contribution in [0, 0.1) is 12.3 Å². The molecule has 1 aromatic rings. The number of nitrogens with zero attached hydrogens (tertiary/aromatic N) is 5. The molecule has 0 aromatic carbocycles. The third-order valence-corrected chi connectivity index (χ3v) is 1.44. The lowest BCUT2D eigenvalue weighted by Crippen LogP contribution is -2.30. The summed E-state index contributed by atoms with van der Waals surface area (Å²) in [5, 5.41) is 10.4. The normalized spacial score (nSPS) is 9.23. The number of hydrogen-bond acceptors (Lipinski definition) is 4. The fourth-order valence-corrected chi connectivity index (χ4v) is 0.737. The molecule has 0 unspecified atom stereocenters. The minimum Gasteiger partial charge on any atom is -0.333 e. The first-order chi connectivity index (χ1) is 6.24. The van der Waals surface area contributed by atoms with Gasteiger partial charge in [-0.15, -0.1) is 11.5 Å². The Bertz CT molecular complexity index is 312. The summed E-state index contributed by atoms with van der Waals surface area (Å²) in [6.07, 6.45) is 6.43. The van der Waals surface area contributed by atoms with Gasteiger partial charge >= 0.3 is 0 Å². The Morgan fingerprint density at radius 2 is 2.54 bits per heavy atom. The highest BCUT2D eigenvalue weighted by atomic mass is 16.2. The first kappa shape index (κ1) is 9.19. The predicted octanol–water partition coefficient (Wildman–Crippen LogP) is -1.24. The number of carbonyl (C=O) groups excluding carboxylic acids is 1. The molecule has 0 saturated heterocycles. The van der Waals surface area contributed by atoms with Crippen molar-refractivity contribution in [3.63, 3.8) is 0 Å². The summed E-state index contributed by atoms with van der Waals surface area (Å²) in [6, 6.07) is 0. The van der Waals surface area contributed by atoms with Crippen LogP contribution in [0.5, 0.6) is 0 Å². The minimum absolute atomic E-state index is 0.116. The van der Waals surface area contributed by atoms with Crippen molar-refractivity contribution < 1.29 is 4.79 Å². The van der Waals surface area contributed by atoms with Gasteiger partial charge in [0.05, 0.1) is 6.54 Å². The quantitative estimate of drug-likeness (QED) is 0.545. The van der Waals surface area contributed by atoms with Crippen LogP contribution in [0.25, 0.3) is 0 Å². The zero-order valence-electron chi connectivity index (χ0n) is 7.21. The van der Waals surface area contributed by atoms with Gasteiger partial charge in [0.1, 0.15) is 12.9 Å². The predicted molar refractivity (Wildman–Crippen MR) is 44.3 cm³/mol. The van der Waals surface area contributed by atoms with Crippen molar-refractivity contribution in [2.24, 2.45) is 0 Å². The van der Waals surface area contributed by atoms with Crippen LogP contribution in [-0.4, -0.2) is 44.6 Å². The average Bonchev–Trinajstić information content (AvgIpc) is 2.57. The van der Waals surface area contributed by atoms with E-state index in [9.17, 15) is 4.79 Å². The van der Waals surface area contributed by atoms with Gasteiger partial charge in [-0.25, -0.2) is 4.68 Å². The molecule has 1 amide bonds. The topological polar surface area (TPSA) is 63.9 Å². The third-order valence-electron chi connectivity index (χ3n) is 1.44. The van der Waals surface area contributed by atoms with Gasteiger partial charge in [-0.1, -0.05) is 5.92 Å². The number of aromatic nitrogens is 4. The molecule has 0 bridgehead atoms. The lowest BCUT2D eigenvalue weighted by molar-refractivity contribution is -0.130. The molecule has 0 N–H and O–H groups in total. The maximum absolute atomic E-state index is 11.3. The Labute approximate surface area is 75.5 Å². The van der Waals surface area contributed by atoms with E-state index < -0.39 is 0 Å². The molecule has 13 heavy (non-hydrogen) atoms. The van der Waals surface area contributed by atoms with Crippen LogP contribution >= 0.6 is 0 Å². The second kappa shape index (κ2) is 4.21. The number of carbonyl (C=O) groups is 1. The van der Waals surface area contributed by atoms with Gasteiger partial charge in [-0.05, 0) is 10.4 Å². The summed E-state index contributed by atoms with van der Waals surface area (Å²) in [5.74, 6) is 2.25. The molecule has 0 radical (unpaired) electrons. The van der Waals surface area contributed by atoms with E-state index in [1.54, 1.807) is 7.05 Å². The Kier molecular flexibility index (Phi) is 2.97. The summed E-state index contributed by atoms with van der Waals surface area (Å²) in [5.41, 5.74) is 0. The highest BCUT2D eigenvalue weighted by Gasteiger charge is 2.08. The fourth-order valence-electron chi connectivity index (χ4n) is 0.737. The van der Waals surface area contributed by atoms with Crippen LogP contribution in [-0.2, 0) is 11.3 Å². The fraction of sp³-hybridized carbons (Fsp3) is 0.429. The lowest BCUT2D eigenvalue weighted by atomic mass is 10.5. The molecule has 0 atom stereocenters. The second-order valence-corrected chi connectivity index (χ2v) is 2.46. The third kappa shape index (κ3) is 2.56. The standard InChI is InChI=1S/C7H9N5O/c1-3-4-11(2)7(13)5-12-6-8-9-10-12/h1,6H,4-5H2,2H3. The van der Waals surface area contributed by atoms with Crippen molar-refractivity contribution in [2.45, 2.75) is 6.54 Å². The number of rotatable bonds is 3. The van der Waals surface area contributed by atoms with Crippen LogP contribution in [0.1, 0.15) is 0 Å². The number of amides is 1. The first-order valence-corrected chi connectivity index (χ1v) is 3.62. The van der Waals surface area contributed by atoms with E-state index in [1.165, 1.54) is 15.9 Å². The molecule has 1 aromatic heterocycles. The molecule has 0 aliphatic heterocycles. The molecule has 1 heterocycles. The molecule has 68 valence electrons. The first-order valence-electron chi connectivity index (χ1n) is 3.62. The Balaban J connectivity index is 2.47. The average molecular weight is 179 g/mol. The molecule has 0 aliphatic carbocycles. The Hall–Kier alpha value is -1.90. The van der Waals surface area contributed by atoms with Gasteiger partial charge in [0.2, 0.25) is 5.91 Å². The van der Waals surface area contributed by atoms with Crippen LogP contribution in [0.2, 0.25) is 0 Å². The summed E-state index contributed by atoms with van der Waals surface area (Å²) in [7, 11) is 1.63. The molecule has 0 aliphatic rings. The molecule has 0 fully saturated rings. The van der Waals surface area contributed by atoms with Crippen molar-refractivity contribution in [3.05, 3.63) is 6.33 Å². The van der Waals surface area contributed by atoms with Gasteiger partial charge in [0.25, 0.3) is 0 Å².